The van der Waals surface area contributed by atoms with Crippen LogP contribution in [0.4, 0.5) is 4.39 Å². The summed E-state index contributed by atoms with van der Waals surface area (Å²) in [6, 6.07) is 5.29. The molecule has 1 aromatic carbocycles. The molecular weight excluding hydrogens is 229 g/mol. The number of hydrogen-bond acceptors (Lipinski definition) is 2. The van der Waals surface area contributed by atoms with Gasteiger partial charge in [0.25, 0.3) is 0 Å². The predicted molar refractivity (Wildman–Crippen MR) is 71.1 cm³/mol. The molecule has 2 atom stereocenters. The van der Waals surface area contributed by atoms with E-state index in [1.165, 1.54) is 6.07 Å². The molecule has 0 amide bonds. The lowest BCUT2D eigenvalue weighted by molar-refractivity contribution is 0.181. The van der Waals surface area contributed by atoms with Gasteiger partial charge in [0, 0.05) is 19.3 Å². The second-order valence-corrected chi connectivity index (χ2v) is 5.08. The maximum atomic E-state index is 13.4. The van der Waals surface area contributed by atoms with Gasteiger partial charge < -0.3 is 10.1 Å². The van der Waals surface area contributed by atoms with E-state index in [9.17, 15) is 4.39 Å². The van der Waals surface area contributed by atoms with Gasteiger partial charge in [-0.1, -0.05) is 13.0 Å². The SMILES string of the molecule is CCNC(CC1CCOC1)c1cc(F)ccc1C. The number of hydrogen-bond donors (Lipinski definition) is 1. The molecule has 2 rings (SSSR count). The number of nitrogens with one attached hydrogen (secondary N) is 1. The van der Waals surface area contributed by atoms with E-state index in [-0.39, 0.29) is 11.9 Å². The van der Waals surface area contributed by atoms with Crippen molar-refractivity contribution in [2.45, 2.75) is 32.7 Å². The monoisotopic (exact) mass is 251 g/mol. The second-order valence-electron chi connectivity index (χ2n) is 5.08. The van der Waals surface area contributed by atoms with E-state index in [0.29, 0.717) is 5.92 Å². The molecule has 0 saturated carbocycles. The van der Waals surface area contributed by atoms with Crippen molar-refractivity contribution < 1.29 is 9.13 Å². The van der Waals surface area contributed by atoms with Gasteiger partial charge in [0.15, 0.2) is 0 Å². The quantitative estimate of drug-likeness (QED) is 0.867. The summed E-state index contributed by atoms with van der Waals surface area (Å²) in [4.78, 5) is 0. The standard InChI is InChI=1S/C15H22FNO/c1-3-17-15(8-12-6-7-18-10-12)14-9-13(16)5-4-11(14)2/h4-5,9,12,15,17H,3,6-8,10H2,1-2H3. The molecule has 3 heteroatoms. The Bertz CT molecular complexity index is 388. The Balaban J connectivity index is 2.14. The molecule has 0 radical (unpaired) electrons. The molecule has 2 unspecified atom stereocenters. The summed E-state index contributed by atoms with van der Waals surface area (Å²) in [7, 11) is 0. The van der Waals surface area contributed by atoms with Gasteiger partial charge in [-0.2, -0.15) is 0 Å². The molecule has 1 saturated heterocycles. The van der Waals surface area contributed by atoms with Crippen LogP contribution in [0.2, 0.25) is 0 Å². The first-order chi connectivity index (χ1) is 8.70. The number of ether oxygens (including phenoxy) is 1. The minimum atomic E-state index is -0.152. The first-order valence-corrected chi connectivity index (χ1v) is 6.78. The topological polar surface area (TPSA) is 21.3 Å². The summed E-state index contributed by atoms with van der Waals surface area (Å²) in [5.74, 6) is 0.442. The van der Waals surface area contributed by atoms with Crippen molar-refractivity contribution in [2.75, 3.05) is 19.8 Å². The maximum absolute atomic E-state index is 13.4. The van der Waals surface area contributed by atoms with Crippen molar-refractivity contribution in [3.63, 3.8) is 0 Å². The van der Waals surface area contributed by atoms with Gasteiger partial charge in [0.05, 0.1) is 0 Å². The van der Waals surface area contributed by atoms with E-state index in [0.717, 1.165) is 43.7 Å². The predicted octanol–water partition coefficient (Wildman–Crippen LogP) is 3.21. The van der Waals surface area contributed by atoms with Crippen molar-refractivity contribution in [1.82, 2.24) is 5.32 Å². The van der Waals surface area contributed by atoms with Gasteiger partial charge >= 0.3 is 0 Å². The van der Waals surface area contributed by atoms with Crippen LogP contribution in [-0.2, 0) is 4.74 Å². The summed E-state index contributed by atoms with van der Waals surface area (Å²) in [6.07, 6.45) is 2.15. The van der Waals surface area contributed by atoms with Crippen LogP contribution in [0.15, 0.2) is 18.2 Å². The van der Waals surface area contributed by atoms with Crippen LogP contribution in [0.3, 0.4) is 0 Å². The highest BCUT2D eigenvalue weighted by Crippen LogP contribution is 2.28. The molecular formula is C15H22FNO. The van der Waals surface area contributed by atoms with E-state index in [1.807, 2.05) is 13.0 Å². The zero-order valence-electron chi connectivity index (χ0n) is 11.2. The lowest BCUT2D eigenvalue weighted by Crippen LogP contribution is -2.24. The van der Waals surface area contributed by atoms with Crippen LogP contribution in [0.5, 0.6) is 0 Å². The van der Waals surface area contributed by atoms with Crippen LogP contribution in [0, 0.1) is 18.7 Å². The Morgan fingerprint density at radius 3 is 3.00 bits per heavy atom. The molecule has 100 valence electrons. The fourth-order valence-electron chi connectivity index (χ4n) is 2.66. The van der Waals surface area contributed by atoms with E-state index in [2.05, 4.69) is 12.2 Å². The molecule has 1 aliphatic rings. The highest BCUT2D eigenvalue weighted by atomic mass is 19.1. The zero-order valence-corrected chi connectivity index (χ0v) is 11.2. The Labute approximate surface area is 109 Å². The Morgan fingerprint density at radius 1 is 1.50 bits per heavy atom. The van der Waals surface area contributed by atoms with Crippen molar-refractivity contribution in [3.8, 4) is 0 Å². The third-order valence-electron chi connectivity index (χ3n) is 3.66. The van der Waals surface area contributed by atoms with Gasteiger partial charge in [-0.3, -0.25) is 0 Å². The average molecular weight is 251 g/mol. The average Bonchev–Trinajstić information content (AvgIpc) is 2.85. The lowest BCUT2D eigenvalue weighted by atomic mass is 9.91. The molecule has 0 spiro atoms. The van der Waals surface area contributed by atoms with Gasteiger partial charge in [0.2, 0.25) is 0 Å². The van der Waals surface area contributed by atoms with Gasteiger partial charge in [-0.05, 0) is 55.5 Å². The largest absolute Gasteiger partial charge is 0.381 e. The molecule has 0 aromatic heterocycles. The fourth-order valence-corrected chi connectivity index (χ4v) is 2.66. The van der Waals surface area contributed by atoms with E-state index in [1.54, 1.807) is 6.07 Å². The Morgan fingerprint density at radius 2 is 2.33 bits per heavy atom. The Kier molecular flexibility index (Phi) is 4.72. The molecule has 1 aromatic rings. The summed E-state index contributed by atoms with van der Waals surface area (Å²) >= 11 is 0. The summed E-state index contributed by atoms with van der Waals surface area (Å²) < 4.78 is 18.8. The summed E-state index contributed by atoms with van der Waals surface area (Å²) in [5.41, 5.74) is 2.24. The van der Waals surface area contributed by atoms with E-state index in [4.69, 9.17) is 4.74 Å². The smallest absolute Gasteiger partial charge is 0.123 e. The third kappa shape index (κ3) is 3.30. The van der Waals surface area contributed by atoms with Crippen LogP contribution in [0.1, 0.15) is 36.9 Å². The van der Waals surface area contributed by atoms with Crippen LogP contribution >= 0.6 is 0 Å². The number of benzene rings is 1. The lowest BCUT2D eigenvalue weighted by Gasteiger charge is -2.23. The summed E-state index contributed by atoms with van der Waals surface area (Å²) in [6.45, 7) is 6.74. The van der Waals surface area contributed by atoms with Crippen molar-refractivity contribution in [3.05, 3.63) is 35.1 Å². The highest BCUT2D eigenvalue weighted by Gasteiger charge is 2.22. The minimum absolute atomic E-state index is 0.152. The van der Waals surface area contributed by atoms with Crippen molar-refractivity contribution in [2.24, 2.45) is 5.92 Å². The van der Waals surface area contributed by atoms with Crippen LogP contribution in [0.25, 0.3) is 0 Å². The summed E-state index contributed by atoms with van der Waals surface area (Å²) in [5, 5.41) is 3.47. The van der Waals surface area contributed by atoms with Gasteiger partial charge in [-0.25, -0.2) is 4.39 Å². The van der Waals surface area contributed by atoms with E-state index >= 15 is 0 Å². The zero-order chi connectivity index (χ0) is 13.0. The molecule has 0 aliphatic carbocycles. The molecule has 1 N–H and O–H groups in total. The second kappa shape index (κ2) is 6.30. The third-order valence-corrected chi connectivity index (χ3v) is 3.66. The van der Waals surface area contributed by atoms with Gasteiger partial charge in [-0.15, -0.1) is 0 Å². The number of halogens is 1. The van der Waals surface area contributed by atoms with Gasteiger partial charge in [0.1, 0.15) is 5.82 Å². The maximum Gasteiger partial charge on any atom is 0.123 e. The molecule has 18 heavy (non-hydrogen) atoms. The first kappa shape index (κ1) is 13.5. The minimum Gasteiger partial charge on any atom is -0.381 e. The van der Waals surface area contributed by atoms with E-state index < -0.39 is 0 Å². The number of rotatable bonds is 5. The molecule has 1 fully saturated rings. The highest BCUT2D eigenvalue weighted by molar-refractivity contribution is 5.29. The normalized spacial score (nSPS) is 21.2. The molecule has 0 bridgehead atoms. The molecule has 2 nitrogen and oxygen atoms in total. The van der Waals surface area contributed by atoms with Crippen molar-refractivity contribution in [1.29, 1.82) is 0 Å². The number of aryl methyl sites for hydroxylation is 1. The van der Waals surface area contributed by atoms with Crippen molar-refractivity contribution >= 4 is 0 Å². The van der Waals surface area contributed by atoms with Crippen LogP contribution in [-0.4, -0.2) is 19.8 Å². The fraction of sp³-hybridized carbons (Fsp3) is 0.600. The first-order valence-electron chi connectivity index (χ1n) is 6.78. The van der Waals surface area contributed by atoms with Crippen LogP contribution < -0.4 is 5.32 Å². The Hall–Kier alpha value is -0.930. The molecule has 1 heterocycles. The molecule has 1 aliphatic heterocycles.